The number of carbonyl (C=O) groups excluding carboxylic acids is 5. The molecule has 5 N–H and O–H groups in total. The Bertz CT molecular complexity index is 1320. The lowest BCUT2D eigenvalue weighted by Gasteiger charge is -2.40. The van der Waals surface area contributed by atoms with Gasteiger partial charge in [-0.15, -0.1) is 0 Å². The number of likely N-dealkylation sites (tertiary alicyclic amines) is 1. The van der Waals surface area contributed by atoms with Gasteiger partial charge in [0.15, 0.2) is 6.10 Å². The van der Waals surface area contributed by atoms with Gasteiger partial charge in [-0.2, -0.15) is 0 Å². The minimum atomic E-state index is -1.21. The molecular formula is C31H43N5O7. The van der Waals surface area contributed by atoms with Crippen molar-refractivity contribution in [1.82, 2.24) is 15.5 Å². The van der Waals surface area contributed by atoms with Gasteiger partial charge in [-0.1, -0.05) is 46.8 Å². The number of amides is 5. The normalized spacial score (nSPS) is 29.9. The standard InChI is InChI=1S/C31H43N5O7/c1-30(2,3)24(35-26(38)15-11-16(12-15)42-6)29(41)36-14-17-22(31(17,4)5)23(36)28(40)34-19(25(32)37)13-21-27(39)33-18-9-7-8-10-20(18)43-21/h7-10,15-17,19,21-24H,11-14H2,1-6H3,(H2,32,37)(H,33,39)(H,34,40)(H,35,38)/t15?,16?,17-,19?,21?,22-,23-,24?/m0/s1. The van der Waals surface area contributed by atoms with Crippen molar-refractivity contribution in [3.63, 3.8) is 0 Å². The van der Waals surface area contributed by atoms with E-state index in [0.717, 1.165) is 0 Å². The SMILES string of the molecule is COC1CC(C(=O)NC(C(=O)N2C[C@H]3[C@@H]([C@H]2C(=O)NC(CC2Oc4ccccc4NC2=O)C(N)=O)C3(C)C)C(C)(C)C)C1. The van der Waals surface area contributed by atoms with Crippen LogP contribution in [0.2, 0.25) is 0 Å². The molecule has 1 aromatic rings. The fourth-order valence-corrected chi connectivity index (χ4v) is 6.83. The summed E-state index contributed by atoms with van der Waals surface area (Å²) in [6.45, 7) is 10.1. The molecule has 0 radical (unpaired) electrons. The van der Waals surface area contributed by atoms with E-state index in [-0.39, 0.29) is 47.5 Å². The van der Waals surface area contributed by atoms with Gasteiger partial charge in [0, 0.05) is 26.0 Å². The first-order valence-electron chi connectivity index (χ1n) is 14.9. The summed E-state index contributed by atoms with van der Waals surface area (Å²) in [6, 6.07) is 3.99. The summed E-state index contributed by atoms with van der Waals surface area (Å²) in [5.41, 5.74) is 5.39. The van der Waals surface area contributed by atoms with Crippen LogP contribution in [-0.2, 0) is 28.7 Å². The summed E-state index contributed by atoms with van der Waals surface area (Å²) in [5, 5.41) is 8.44. The number of carbonyl (C=O) groups is 5. The molecule has 0 bridgehead atoms. The van der Waals surface area contributed by atoms with Gasteiger partial charge in [0.1, 0.15) is 23.9 Å². The predicted octanol–water partition coefficient (Wildman–Crippen LogP) is 1.19. The topological polar surface area (TPSA) is 169 Å². The highest BCUT2D eigenvalue weighted by atomic mass is 16.5. The summed E-state index contributed by atoms with van der Waals surface area (Å²) in [5.74, 6) is -2.14. The van der Waals surface area contributed by atoms with Crippen LogP contribution in [-0.4, -0.2) is 78.4 Å². The van der Waals surface area contributed by atoms with E-state index in [2.05, 4.69) is 29.8 Å². The Morgan fingerprint density at radius 2 is 1.81 bits per heavy atom. The number of nitrogens with zero attached hydrogens (tertiary/aromatic N) is 1. The van der Waals surface area contributed by atoms with E-state index >= 15 is 0 Å². The molecule has 1 aromatic carbocycles. The van der Waals surface area contributed by atoms with Gasteiger partial charge in [0.25, 0.3) is 5.91 Å². The number of methoxy groups -OCH3 is 1. The Morgan fingerprint density at radius 1 is 1.14 bits per heavy atom. The van der Waals surface area contributed by atoms with Crippen molar-refractivity contribution in [3.8, 4) is 5.75 Å². The molecule has 3 unspecified atom stereocenters. The molecule has 4 aliphatic rings. The third kappa shape index (κ3) is 5.81. The molecule has 12 nitrogen and oxygen atoms in total. The van der Waals surface area contributed by atoms with Crippen LogP contribution < -0.4 is 26.4 Å². The molecule has 0 spiro atoms. The van der Waals surface area contributed by atoms with Crippen LogP contribution in [0, 0.1) is 28.6 Å². The highest BCUT2D eigenvalue weighted by Gasteiger charge is 2.70. The van der Waals surface area contributed by atoms with Crippen molar-refractivity contribution in [2.24, 2.45) is 34.3 Å². The Kier molecular flexibility index (Phi) is 7.95. The number of benzene rings is 1. The van der Waals surface area contributed by atoms with E-state index in [1.165, 1.54) is 0 Å². The smallest absolute Gasteiger partial charge is 0.265 e. The van der Waals surface area contributed by atoms with Gasteiger partial charge >= 0.3 is 0 Å². The van der Waals surface area contributed by atoms with Gasteiger partial charge in [0.05, 0.1) is 11.8 Å². The van der Waals surface area contributed by atoms with E-state index in [4.69, 9.17) is 15.2 Å². The third-order valence-corrected chi connectivity index (χ3v) is 9.78. The quantitative estimate of drug-likeness (QED) is 0.331. The first-order valence-corrected chi connectivity index (χ1v) is 14.9. The zero-order valence-electron chi connectivity index (χ0n) is 25.6. The largest absolute Gasteiger partial charge is 0.478 e. The molecule has 3 fully saturated rings. The van der Waals surface area contributed by atoms with E-state index in [1.807, 2.05) is 20.8 Å². The highest BCUT2D eigenvalue weighted by Crippen LogP contribution is 2.65. The van der Waals surface area contributed by atoms with Crippen LogP contribution >= 0.6 is 0 Å². The molecular weight excluding hydrogens is 554 g/mol. The minimum Gasteiger partial charge on any atom is -0.478 e. The first-order chi connectivity index (χ1) is 20.1. The summed E-state index contributed by atoms with van der Waals surface area (Å²) < 4.78 is 11.1. The molecule has 43 heavy (non-hydrogen) atoms. The van der Waals surface area contributed by atoms with Crippen molar-refractivity contribution in [2.45, 2.75) is 84.2 Å². The zero-order valence-corrected chi connectivity index (χ0v) is 25.6. The van der Waals surface area contributed by atoms with E-state index < -0.39 is 47.4 Å². The van der Waals surface area contributed by atoms with Gasteiger partial charge in [-0.05, 0) is 47.6 Å². The molecule has 1 saturated heterocycles. The second kappa shape index (κ2) is 11.1. The van der Waals surface area contributed by atoms with Gasteiger partial charge < -0.3 is 36.1 Å². The number of fused-ring (bicyclic) bond motifs is 2. The fourth-order valence-electron chi connectivity index (χ4n) is 6.83. The monoisotopic (exact) mass is 597 g/mol. The van der Waals surface area contributed by atoms with Gasteiger partial charge in [-0.25, -0.2) is 0 Å². The molecule has 5 rings (SSSR count). The lowest BCUT2D eigenvalue weighted by Crippen LogP contribution is -2.61. The number of ether oxygens (including phenoxy) is 2. The number of para-hydroxylation sites is 2. The van der Waals surface area contributed by atoms with Crippen LogP contribution in [0.25, 0.3) is 0 Å². The average Bonchev–Trinajstić information content (AvgIpc) is 3.22. The Morgan fingerprint density at radius 3 is 2.44 bits per heavy atom. The van der Waals surface area contributed by atoms with Gasteiger partial charge in [0.2, 0.25) is 23.6 Å². The molecule has 5 amide bonds. The summed E-state index contributed by atoms with van der Waals surface area (Å²) in [4.78, 5) is 67.8. The number of rotatable bonds is 9. The number of piperidine rings is 1. The van der Waals surface area contributed by atoms with Crippen molar-refractivity contribution in [3.05, 3.63) is 24.3 Å². The molecule has 2 saturated carbocycles. The van der Waals surface area contributed by atoms with E-state index in [9.17, 15) is 24.0 Å². The van der Waals surface area contributed by atoms with Crippen molar-refractivity contribution < 1.29 is 33.4 Å². The average molecular weight is 598 g/mol. The Hall–Kier alpha value is -3.67. The third-order valence-electron chi connectivity index (χ3n) is 9.78. The lowest BCUT2D eigenvalue weighted by atomic mass is 9.80. The maximum atomic E-state index is 14.1. The summed E-state index contributed by atoms with van der Waals surface area (Å²) in [6.07, 6.45) is 0.0126. The van der Waals surface area contributed by atoms with Crippen molar-refractivity contribution in [1.29, 1.82) is 0 Å². The summed E-state index contributed by atoms with van der Waals surface area (Å²) in [7, 11) is 1.62. The molecule has 2 aliphatic heterocycles. The molecule has 0 aromatic heterocycles. The van der Waals surface area contributed by atoms with Crippen molar-refractivity contribution in [2.75, 3.05) is 19.0 Å². The minimum absolute atomic E-state index is 0.0403. The second-order valence-electron chi connectivity index (χ2n) is 14.0. The number of hydrogen-bond acceptors (Lipinski definition) is 7. The maximum absolute atomic E-state index is 14.1. The fraction of sp³-hybridized carbons (Fsp3) is 0.645. The lowest BCUT2D eigenvalue weighted by molar-refractivity contribution is -0.147. The van der Waals surface area contributed by atoms with E-state index in [0.29, 0.717) is 30.8 Å². The molecule has 234 valence electrons. The molecule has 2 heterocycles. The van der Waals surface area contributed by atoms with Crippen LogP contribution in [0.4, 0.5) is 5.69 Å². The first kappa shape index (κ1) is 30.8. The predicted molar refractivity (Wildman–Crippen MR) is 156 cm³/mol. The number of nitrogens with two attached hydrogens (primary N) is 1. The molecule has 6 atom stereocenters. The summed E-state index contributed by atoms with van der Waals surface area (Å²) >= 11 is 0. The van der Waals surface area contributed by atoms with Crippen LogP contribution in [0.15, 0.2) is 24.3 Å². The Labute approximate surface area is 251 Å². The Balaban J connectivity index is 1.31. The number of nitrogens with one attached hydrogen (secondary N) is 3. The number of hydrogen-bond donors (Lipinski definition) is 4. The van der Waals surface area contributed by atoms with Crippen LogP contribution in [0.3, 0.4) is 0 Å². The molecule has 2 aliphatic carbocycles. The van der Waals surface area contributed by atoms with Crippen LogP contribution in [0.5, 0.6) is 5.75 Å². The highest BCUT2D eigenvalue weighted by molar-refractivity contribution is 5.99. The number of anilines is 1. The van der Waals surface area contributed by atoms with Crippen LogP contribution in [0.1, 0.15) is 53.9 Å². The van der Waals surface area contributed by atoms with E-state index in [1.54, 1.807) is 36.3 Å². The molecule has 12 heteroatoms. The van der Waals surface area contributed by atoms with Gasteiger partial charge in [-0.3, -0.25) is 24.0 Å². The second-order valence-corrected chi connectivity index (χ2v) is 14.0. The maximum Gasteiger partial charge on any atom is 0.265 e. The number of primary amides is 1. The van der Waals surface area contributed by atoms with Crippen molar-refractivity contribution >= 4 is 35.2 Å². The zero-order chi connectivity index (χ0) is 31.4.